The first-order valence-electron chi connectivity index (χ1n) is 30.2. The summed E-state index contributed by atoms with van der Waals surface area (Å²) in [4.78, 5) is 4.88. The zero-order chi connectivity index (χ0) is 58.5. The van der Waals surface area contributed by atoms with Crippen LogP contribution in [0.3, 0.4) is 0 Å². The van der Waals surface area contributed by atoms with E-state index >= 15 is 0 Å². The molecule has 0 spiro atoms. The molecule has 13 aromatic carbocycles. The Balaban J connectivity index is 0.906. The molecule has 416 valence electrons. The Kier molecular flexibility index (Phi) is 10.8. The fraction of sp³-hybridized carbons (Fsp3) is 0.0488. The van der Waals surface area contributed by atoms with E-state index in [0.29, 0.717) is 0 Å². The van der Waals surface area contributed by atoms with Gasteiger partial charge < -0.3 is 23.1 Å². The SMILES string of the molecule is Cc1cc(C)cc(N(c2ccc3oc4c(-c5ccccc5)cccc4c3c2)c2ccc3ccc4c5ccc(N(c6cc(C)cc(C)c6)c6ccc7oc8c(-c9ccccc9)cccc8c7c6)c6c7c8cc(-c9ccccc9)ccc8oc7n(c4c3c2)c56)c1. The Hall–Kier alpha value is -11.3. The lowest BCUT2D eigenvalue weighted by Crippen LogP contribution is -2.11. The third-order valence-corrected chi connectivity index (χ3v) is 18.2. The average Bonchev–Trinajstić information content (AvgIpc) is 1.52. The molecule has 0 N–H and O–H groups in total. The third-order valence-electron chi connectivity index (χ3n) is 18.2. The van der Waals surface area contributed by atoms with Crippen LogP contribution < -0.4 is 9.80 Å². The van der Waals surface area contributed by atoms with Gasteiger partial charge in [0.25, 0.3) is 0 Å². The van der Waals surface area contributed by atoms with Crippen LogP contribution in [0.1, 0.15) is 22.3 Å². The van der Waals surface area contributed by atoms with E-state index in [1.165, 1.54) is 22.3 Å². The van der Waals surface area contributed by atoms with Crippen molar-refractivity contribution in [2.45, 2.75) is 27.7 Å². The van der Waals surface area contributed by atoms with Crippen LogP contribution in [0.4, 0.5) is 34.1 Å². The van der Waals surface area contributed by atoms with E-state index in [-0.39, 0.29) is 0 Å². The highest BCUT2D eigenvalue weighted by Gasteiger charge is 2.30. The van der Waals surface area contributed by atoms with Crippen LogP contribution >= 0.6 is 0 Å². The van der Waals surface area contributed by atoms with Crippen molar-refractivity contribution in [3.63, 3.8) is 0 Å². The van der Waals surface area contributed by atoms with Gasteiger partial charge in [-0.05, 0) is 169 Å². The van der Waals surface area contributed by atoms with Gasteiger partial charge in [0, 0.05) is 88.0 Å². The van der Waals surface area contributed by atoms with Crippen LogP contribution in [0.2, 0.25) is 0 Å². The van der Waals surface area contributed by atoms with E-state index in [1.807, 2.05) is 0 Å². The van der Waals surface area contributed by atoms with Gasteiger partial charge in [0.15, 0.2) is 0 Å². The molecule has 0 unspecified atom stereocenters. The monoisotopic (exact) mass is 1130 g/mol. The van der Waals surface area contributed by atoms with Gasteiger partial charge in [-0.25, -0.2) is 0 Å². The Morgan fingerprint density at radius 2 is 0.761 bits per heavy atom. The number of fused-ring (bicyclic) bond motifs is 16. The molecule has 0 bridgehead atoms. The second kappa shape index (κ2) is 19.1. The Bertz CT molecular complexity index is 5830. The minimum atomic E-state index is 0.809. The van der Waals surface area contributed by atoms with Gasteiger partial charge in [-0.15, -0.1) is 0 Å². The van der Waals surface area contributed by atoms with Crippen LogP contribution in [0.25, 0.3) is 137 Å². The molecule has 0 amide bonds. The van der Waals surface area contributed by atoms with E-state index in [4.69, 9.17) is 13.3 Å². The molecule has 6 nitrogen and oxygen atoms in total. The van der Waals surface area contributed by atoms with Crippen LogP contribution in [0.15, 0.2) is 274 Å². The van der Waals surface area contributed by atoms with Crippen molar-refractivity contribution in [3.05, 3.63) is 283 Å². The molecule has 0 atom stereocenters. The number of hydrogen-bond acceptors (Lipinski definition) is 5. The first kappa shape index (κ1) is 50.0. The van der Waals surface area contributed by atoms with Gasteiger partial charge in [-0.1, -0.05) is 170 Å². The molecule has 0 aliphatic carbocycles. The molecule has 0 fully saturated rings. The summed E-state index contributed by atoms with van der Waals surface area (Å²) in [5.41, 5.74) is 25.0. The maximum absolute atomic E-state index is 7.38. The summed E-state index contributed by atoms with van der Waals surface area (Å²) in [6, 6.07) is 94.7. The number of furan rings is 3. The zero-order valence-electron chi connectivity index (χ0n) is 48.9. The van der Waals surface area contributed by atoms with E-state index in [0.717, 1.165) is 171 Å². The molecule has 18 aromatic rings. The van der Waals surface area contributed by atoms with Gasteiger partial charge >= 0.3 is 0 Å². The van der Waals surface area contributed by atoms with Crippen molar-refractivity contribution >= 4 is 138 Å². The van der Waals surface area contributed by atoms with Crippen molar-refractivity contribution in [2.24, 2.45) is 0 Å². The maximum Gasteiger partial charge on any atom is 0.213 e. The van der Waals surface area contributed by atoms with Crippen molar-refractivity contribution in [3.8, 4) is 33.4 Å². The lowest BCUT2D eigenvalue weighted by Gasteiger charge is -2.27. The lowest BCUT2D eigenvalue weighted by atomic mass is 9.99. The Labute approximate surface area is 506 Å². The Morgan fingerprint density at radius 3 is 1.35 bits per heavy atom. The molecule has 0 saturated heterocycles. The molecule has 88 heavy (non-hydrogen) atoms. The first-order chi connectivity index (χ1) is 43.2. The molecule has 5 aromatic heterocycles. The lowest BCUT2D eigenvalue weighted by molar-refractivity contribution is 0.652. The number of para-hydroxylation sites is 2. The highest BCUT2D eigenvalue weighted by Crippen LogP contribution is 2.53. The van der Waals surface area contributed by atoms with E-state index < -0.39 is 0 Å². The fourth-order valence-corrected chi connectivity index (χ4v) is 14.5. The number of aryl methyl sites for hydroxylation is 4. The zero-order valence-corrected chi connectivity index (χ0v) is 48.9. The second-order valence-electron chi connectivity index (χ2n) is 23.9. The average molecular weight is 1130 g/mol. The summed E-state index contributed by atoms with van der Waals surface area (Å²) in [5.74, 6) is 0. The number of rotatable bonds is 9. The summed E-state index contributed by atoms with van der Waals surface area (Å²) in [7, 11) is 0. The number of hydrogen-bond donors (Lipinski definition) is 0. The largest absolute Gasteiger partial charge is 0.455 e. The number of aromatic nitrogens is 1. The molecule has 6 heteroatoms. The highest BCUT2D eigenvalue weighted by atomic mass is 16.3. The maximum atomic E-state index is 7.38. The highest BCUT2D eigenvalue weighted by molar-refractivity contribution is 6.34. The number of anilines is 6. The molecule has 5 heterocycles. The Morgan fingerprint density at radius 1 is 0.284 bits per heavy atom. The van der Waals surface area contributed by atoms with E-state index in [2.05, 4.69) is 303 Å². The van der Waals surface area contributed by atoms with Crippen LogP contribution in [-0.4, -0.2) is 4.40 Å². The molecular formula is C82H55N3O3. The van der Waals surface area contributed by atoms with Gasteiger partial charge in [-0.2, -0.15) is 0 Å². The standard InChI is InChI=1S/C82H55N3O3/c1-48-38-49(2)41-60(40-48)83(58-30-36-73-69(46-58)66-24-14-22-62(80(66)86-73)53-18-10-6-11-19-53)57-29-26-55-27-32-64-65-33-34-72(77-76-71-44-56(52-16-8-5-9-17-52)28-35-75(71)88-82(76)85(79(65)77)78(64)68(55)45-57)84(61-42-50(3)39-51(4)43-61)59-31-37-74-70(47-59)67-25-15-23-63(81(67)87-74)54-20-12-7-13-21-54/h5-47H,1-4H3. The summed E-state index contributed by atoms with van der Waals surface area (Å²) in [5, 5.41) is 12.1. The van der Waals surface area contributed by atoms with Crippen molar-refractivity contribution in [1.82, 2.24) is 4.40 Å². The van der Waals surface area contributed by atoms with Crippen molar-refractivity contribution in [2.75, 3.05) is 9.80 Å². The first-order valence-corrected chi connectivity index (χ1v) is 30.2. The number of nitrogens with zero attached hydrogens (tertiary/aromatic N) is 3. The quantitative estimate of drug-likeness (QED) is 0.144. The van der Waals surface area contributed by atoms with Crippen LogP contribution in [0, 0.1) is 27.7 Å². The van der Waals surface area contributed by atoms with Gasteiger partial charge in [-0.3, -0.25) is 4.40 Å². The summed E-state index contributed by atoms with van der Waals surface area (Å²) in [6.45, 7) is 8.76. The van der Waals surface area contributed by atoms with Crippen LogP contribution in [-0.2, 0) is 0 Å². The van der Waals surface area contributed by atoms with Crippen molar-refractivity contribution in [1.29, 1.82) is 0 Å². The topological polar surface area (TPSA) is 50.3 Å². The minimum absolute atomic E-state index is 0.809. The molecular weight excluding hydrogens is 1070 g/mol. The van der Waals surface area contributed by atoms with Gasteiger partial charge in [0.05, 0.1) is 22.1 Å². The smallest absolute Gasteiger partial charge is 0.213 e. The fourth-order valence-electron chi connectivity index (χ4n) is 14.5. The number of benzene rings is 13. The van der Waals surface area contributed by atoms with Crippen LogP contribution in [0.5, 0.6) is 0 Å². The molecule has 0 aliphatic heterocycles. The van der Waals surface area contributed by atoms with E-state index in [1.54, 1.807) is 0 Å². The summed E-state index contributed by atoms with van der Waals surface area (Å²) < 4.78 is 23.4. The van der Waals surface area contributed by atoms with Gasteiger partial charge in [0.1, 0.15) is 27.9 Å². The second-order valence-corrected chi connectivity index (χ2v) is 23.9. The minimum Gasteiger partial charge on any atom is -0.455 e. The molecule has 0 aliphatic rings. The summed E-state index contributed by atoms with van der Waals surface area (Å²) >= 11 is 0. The molecule has 0 saturated carbocycles. The molecule has 0 radical (unpaired) electrons. The predicted octanol–water partition coefficient (Wildman–Crippen LogP) is 23.7. The predicted molar refractivity (Wildman–Crippen MR) is 368 cm³/mol. The molecule has 18 rings (SSSR count). The normalized spacial score (nSPS) is 12.1. The third kappa shape index (κ3) is 7.61. The van der Waals surface area contributed by atoms with E-state index in [9.17, 15) is 0 Å². The van der Waals surface area contributed by atoms with Crippen molar-refractivity contribution < 1.29 is 13.3 Å². The summed E-state index contributed by atoms with van der Waals surface area (Å²) in [6.07, 6.45) is 0. The van der Waals surface area contributed by atoms with Gasteiger partial charge in [0.2, 0.25) is 5.71 Å².